The van der Waals surface area contributed by atoms with Crippen LogP contribution in [0.1, 0.15) is 23.6 Å². The Balaban J connectivity index is 2.36. The van der Waals surface area contributed by atoms with Crippen LogP contribution < -0.4 is 10.1 Å². The maximum atomic E-state index is 12.0. The molecule has 0 spiro atoms. The Morgan fingerprint density at radius 2 is 1.48 bits per heavy atom. The topological polar surface area (TPSA) is 58.6 Å². The molecule has 0 aromatic heterocycles. The van der Waals surface area contributed by atoms with E-state index in [0.29, 0.717) is 12.4 Å². The largest absolute Gasteiger partial charge is 0.493 e. The van der Waals surface area contributed by atoms with Crippen LogP contribution in [0.4, 0.5) is 0 Å². The van der Waals surface area contributed by atoms with Crippen LogP contribution >= 0.6 is 12.6 Å². The molecular formula is C24H25NO3S. The van der Waals surface area contributed by atoms with Crippen LogP contribution in [0.2, 0.25) is 0 Å². The van der Waals surface area contributed by atoms with Crippen LogP contribution in [0.25, 0.3) is 0 Å². The molecule has 2 N–H and O–H groups in total. The minimum Gasteiger partial charge on any atom is -0.493 e. The highest BCUT2D eigenvalue weighted by molar-refractivity contribution is 7.80. The summed E-state index contributed by atoms with van der Waals surface area (Å²) in [4.78, 5) is 12.0. The fraction of sp³-hybridized carbons (Fsp3) is 0.208. The SMILES string of the molecule is CCOc1ccccc1C(N[C@@H](CS)C(=O)O)(c1ccccc1)c1ccccc1. The molecule has 0 heterocycles. The van der Waals surface area contributed by atoms with Gasteiger partial charge in [-0.05, 0) is 24.1 Å². The predicted molar refractivity (Wildman–Crippen MR) is 119 cm³/mol. The fourth-order valence-corrected chi connectivity index (χ4v) is 3.85. The average Bonchev–Trinajstić information content (AvgIpc) is 2.77. The van der Waals surface area contributed by atoms with Gasteiger partial charge in [-0.1, -0.05) is 78.9 Å². The Morgan fingerprint density at radius 3 is 1.97 bits per heavy atom. The second-order valence-electron chi connectivity index (χ2n) is 6.63. The van der Waals surface area contributed by atoms with Gasteiger partial charge in [-0.3, -0.25) is 10.1 Å². The zero-order valence-electron chi connectivity index (χ0n) is 16.3. The number of aliphatic carboxylic acids is 1. The number of thiol groups is 1. The summed E-state index contributed by atoms with van der Waals surface area (Å²) in [6, 6.07) is 26.6. The van der Waals surface area contributed by atoms with Crippen molar-refractivity contribution in [2.24, 2.45) is 0 Å². The lowest BCUT2D eigenvalue weighted by Crippen LogP contribution is -2.53. The van der Waals surface area contributed by atoms with Gasteiger partial charge in [0.2, 0.25) is 0 Å². The number of hydrogen-bond acceptors (Lipinski definition) is 4. The molecule has 3 aromatic carbocycles. The van der Waals surface area contributed by atoms with Crippen molar-refractivity contribution in [2.75, 3.05) is 12.4 Å². The molecule has 0 fully saturated rings. The summed E-state index contributed by atoms with van der Waals surface area (Å²) >= 11 is 4.30. The number of rotatable bonds is 9. The second-order valence-corrected chi connectivity index (χ2v) is 6.99. The van der Waals surface area contributed by atoms with E-state index in [1.807, 2.05) is 91.9 Å². The van der Waals surface area contributed by atoms with E-state index in [2.05, 4.69) is 17.9 Å². The minimum absolute atomic E-state index is 0.146. The van der Waals surface area contributed by atoms with Crippen molar-refractivity contribution < 1.29 is 14.6 Å². The minimum atomic E-state index is -0.954. The van der Waals surface area contributed by atoms with E-state index in [4.69, 9.17) is 4.74 Å². The lowest BCUT2D eigenvalue weighted by Gasteiger charge is -2.39. The van der Waals surface area contributed by atoms with Gasteiger partial charge >= 0.3 is 5.97 Å². The van der Waals surface area contributed by atoms with Crippen molar-refractivity contribution in [3.8, 4) is 5.75 Å². The number of ether oxygens (including phenoxy) is 1. The highest BCUT2D eigenvalue weighted by atomic mass is 32.1. The number of benzene rings is 3. The molecule has 3 rings (SSSR count). The van der Waals surface area contributed by atoms with Crippen molar-refractivity contribution in [3.05, 3.63) is 102 Å². The smallest absolute Gasteiger partial charge is 0.321 e. The molecule has 1 atom stereocenters. The first-order valence-corrected chi connectivity index (χ1v) is 10.2. The van der Waals surface area contributed by atoms with Gasteiger partial charge in [0, 0.05) is 11.3 Å². The molecule has 0 aliphatic heterocycles. The Bertz CT molecular complexity index is 892. The molecule has 0 aliphatic carbocycles. The average molecular weight is 408 g/mol. The maximum absolute atomic E-state index is 12.0. The van der Waals surface area contributed by atoms with E-state index in [9.17, 15) is 9.90 Å². The quantitative estimate of drug-likeness (QED) is 0.365. The Labute approximate surface area is 177 Å². The molecule has 0 aliphatic rings. The first kappa shape index (κ1) is 21.0. The van der Waals surface area contributed by atoms with Gasteiger partial charge < -0.3 is 9.84 Å². The van der Waals surface area contributed by atoms with Crippen LogP contribution in [0.3, 0.4) is 0 Å². The number of carboxylic acids is 1. The third-order valence-electron chi connectivity index (χ3n) is 4.88. The van der Waals surface area contributed by atoms with Crippen LogP contribution in [-0.2, 0) is 10.3 Å². The highest BCUT2D eigenvalue weighted by Crippen LogP contribution is 2.41. The third kappa shape index (κ3) is 4.31. The summed E-state index contributed by atoms with van der Waals surface area (Å²) in [6.45, 7) is 2.44. The molecule has 150 valence electrons. The summed E-state index contributed by atoms with van der Waals surface area (Å²) in [7, 11) is 0. The van der Waals surface area contributed by atoms with Gasteiger partial charge in [0.15, 0.2) is 0 Å². The van der Waals surface area contributed by atoms with Gasteiger partial charge in [-0.2, -0.15) is 12.6 Å². The number of hydrogen-bond donors (Lipinski definition) is 3. The zero-order valence-corrected chi connectivity index (χ0v) is 17.2. The van der Waals surface area contributed by atoms with Gasteiger partial charge in [0.25, 0.3) is 0 Å². The van der Waals surface area contributed by atoms with E-state index in [1.54, 1.807) is 0 Å². The predicted octanol–water partition coefficient (Wildman–Crippen LogP) is 4.35. The third-order valence-corrected chi connectivity index (χ3v) is 5.24. The summed E-state index contributed by atoms with van der Waals surface area (Å²) in [6.07, 6.45) is 0. The molecule has 0 radical (unpaired) electrons. The number of carbonyl (C=O) groups is 1. The maximum Gasteiger partial charge on any atom is 0.321 e. The van der Waals surface area contributed by atoms with Crippen LogP contribution in [0, 0.1) is 0 Å². The van der Waals surface area contributed by atoms with Crippen molar-refractivity contribution in [2.45, 2.75) is 18.5 Å². The summed E-state index contributed by atoms with van der Waals surface area (Å²) in [5.74, 6) is -0.100. The molecule has 0 bridgehead atoms. The first-order chi connectivity index (χ1) is 14.1. The van der Waals surface area contributed by atoms with Gasteiger partial charge in [0.1, 0.15) is 11.8 Å². The molecule has 0 saturated carbocycles. The molecule has 0 unspecified atom stereocenters. The van der Waals surface area contributed by atoms with Crippen molar-refractivity contribution in [1.82, 2.24) is 5.32 Å². The van der Waals surface area contributed by atoms with E-state index in [0.717, 1.165) is 16.7 Å². The monoisotopic (exact) mass is 407 g/mol. The number of nitrogens with one attached hydrogen (secondary N) is 1. The second kappa shape index (κ2) is 9.63. The van der Waals surface area contributed by atoms with Crippen LogP contribution in [-0.4, -0.2) is 29.5 Å². The summed E-state index contributed by atoms with van der Waals surface area (Å²) < 4.78 is 5.96. The molecule has 4 nitrogen and oxygen atoms in total. The van der Waals surface area contributed by atoms with E-state index < -0.39 is 17.6 Å². The molecule has 3 aromatic rings. The first-order valence-electron chi connectivity index (χ1n) is 9.58. The van der Waals surface area contributed by atoms with E-state index in [-0.39, 0.29) is 5.75 Å². The lowest BCUT2D eigenvalue weighted by atomic mass is 9.76. The van der Waals surface area contributed by atoms with Gasteiger partial charge in [-0.15, -0.1) is 0 Å². The van der Waals surface area contributed by atoms with Crippen LogP contribution in [0.5, 0.6) is 5.75 Å². The molecule has 29 heavy (non-hydrogen) atoms. The Morgan fingerprint density at radius 1 is 0.966 bits per heavy atom. The molecule has 0 saturated heterocycles. The summed E-state index contributed by atoms with van der Waals surface area (Å²) in [5.41, 5.74) is 1.77. The van der Waals surface area contributed by atoms with Crippen molar-refractivity contribution in [1.29, 1.82) is 0 Å². The number of para-hydroxylation sites is 1. The van der Waals surface area contributed by atoms with E-state index in [1.165, 1.54) is 0 Å². The van der Waals surface area contributed by atoms with Crippen LogP contribution in [0.15, 0.2) is 84.9 Å². The Hall–Kier alpha value is -2.76. The van der Waals surface area contributed by atoms with E-state index >= 15 is 0 Å². The fourth-order valence-electron chi connectivity index (χ4n) is 3.60. The molecule has 0 amide bonds. The highest BCUT2D eigenvalue weighted by Gasteiger charge is 2.41. The van der Waals surface area contributed by atoms with Crippen molar-refractivity contribution >= 4 is 18.6 Å². The zero-order chi connectivity index (χ0) is 20.7. The standard InChI is InChI=1S/C24H25NO3S/c1-2-28-22-16-10-9-15-20(22)24(18-11-5-3-6-12-18,19-13-7-4-8-14-19)25-21(17-29)23(26)27/h3-16,21,25,29H,2,17H2,1H3,(H,26,27)/t21-/m0/s1. The summed E-state index contributed by atoms with van der Waals surface area (Å²) in [5, 5.41) is 13.2. The Kier molecular flexibility index (Phi) is 6.96. The van der Waals surface area contributed by atoms with Crippen molar-refractivity contribution in [3.63, 3.8) is 0 Å². The number of carboxylic acid groups (broad SMARTS) is 1. The van der Waals surface area contributed by atoms with Gasteiger partial charge in [0.05, 0.1) is 12.1 Å². The molecule has 5 heteroatoms. The lowest BCUT2D eigenvalue weighted by molar-refractivity contribution is -0.139. The normalized spacial score (nSPS) is 12.3. The van der Waals surface area contributed by atoms with Gasteiger partial charge in [-0.25, -0.2) is 0 Å². The molecular weight excluding hydrogens is 382 g/mol.